The zero-order valence-electron chi connectivity index (χ0n) is 16.6. The number of rotatable bonds is 6. The summed E-state index contributed by atoms with van der Waals surface area (Å²) in [5.41, 5.74) is 4.19. The van der Waals surface area contributed by atoms with Gasteiger partial charge in [0.25, 0.3) is 5.91 Å². The van der Waals surface area contributed by atoms with Crippen LogP contribution in [0.4, 0.5) is 0 Å². The van der Waals surface area contributed by atoms with Crippen LogP contribution in [0.5, 0.6) is 0 Å². The Morgan fingerprint density at radius 1 is 1.11 bits per heavy atom. The van der Waals surface area contributed by atoms with Gasteiger partial charge < -0.3 is 10.2 Å². The molecule has 1 unspecified atom stereocenters. The third-order valence-corrected chi connectivity index (χ3v) is 5.12. The first kappa shape index (κ1) is 20.1. The second kappa shape index (κ2) is 8.59. The lowest BCUT2D eigenvalue weighted by molar-refractivity contribution is 0.0941. The zero-order chi connectivity index (χ0) is 20.3. The number of hydrogen-bond donors (Lipinski definition) is 1. The van der Waals surface area contributed by atoms with E-state index >= 15 is 0 Å². The highest BCUT2D eigenvalue weighted by atomic mass is 35.5. The van der Waals surface area contributed by atoms with Crippen molar-refractivity contribution in [2.24, 2.45) is 0 Å². The molecule has 1 heterocycles. The lowest BCUT2D eigenvalue weighted by Gasteiger charge is -2.25. The highest BCUT2D eigenvalue weighted by Gasteiger charge is 2.22. The lowest BCUT2D eigenvalue weighted by atomic mass is 10.0. The van der Waals surface area contributed by atoms with E-state index in [-0.39, 0.29) is 11.9 Å². The van der Waals surface area contributed by atoms with E-state index in [2.05, 4.69) is 46.5 Å². The van der Waals surface area contributed by atoms with Crippen molar-refractivity contribution in [2.45, 2.75) is 19.9 Å². The number of para-hydroxylation sites is 1. The summed E-state index contributed by atoms with van der Waals surface area (Å²) in [5, 5.41) is 7.78. The minimum atomic E-state index is -0.219. The van der Waals surface area contributed by atoms with E-state index in [0.29, 0.717) is 23.0 Å². The highest BCUT2D eigenvalue weighted by Crippen LogP contribution is 2.24. The highest BCUT2D eigenvalue weighted by molar-refractivity contribution is 6.33. The number of benzene rings is 2. The summed E-state index contributed by atoms with van der Waals surface area (Å²) in [6.07, 6.45) is 0. The van der Waals surface area contributed by atoms with Gasteiger partial charge in [-0.1, -0.05) is 59.6 Å². The number of aryl methyl sites for hydroxylation is 2. The van der Waals surface area contributed by atoms with Crippen LogP contribution in [-0.2, 0) is 0 Å². The van der Waals surface area contributed by atoms with Crippen molar-refractivity contribution >= 4 is 17.5 Å². The number of carbonyl (C=O) groups excluding carboxylic acids is 1. The topological polar surface area (TPSA) is 50.2 Å². The molecule has 0 aliphatic heterocycles. The molecule has 0 aliphatic rings. The van der Waals surface area contributed by atoms with Crippen molar-refractivity contribution in [3.05, 3.63) is 82.1 Å². The quantitative estimate of drug-likeness (QED) is 0.680. The normalized spacial score (nSPS) is 12.2. The van der Waals surface area contributed by atoms with E-state index in [1.165, 1.54) is 5.56 Å². The number of carbonyl (C=O) groups is 1. The number of nitrogens with zero attached hydrogens (tertiary/aromatic N) is 3. The van der Waals surface area contributed by atoms with Gasteiger partial charge in [0.15, 0.2) is 0 Å². The maximum absolute atomic E-state index is 12.9. The predicted octanol–water partition coefficient (Wildman–Crippen LogP) is 4.18. The fourth-order valence-electron chi connectivity index (χ4n) is 3.16. The number of hydrogen-bond acceptors (Lipinski definition) is 3. The van der Waals surface area contributed by atoms with E-state index < -0.39 is 0 Å². The van der Waals surface area contributed by atoms with E-state index in [9.17, 15) is 4.79 Å². The van der Waals surface area contributed by atoms with Gasteiger partial charge in [0.05, 0.1) is 23.0 Å². The maximum Gasteiger partial charge on any atom is 0.256 e. The van der Waals surface area contributed by atoms with E-state index in [4.69, 9.17) is 11.6 Å². The summed E-state index contributed by atoms with van der Waals surface area (Å²) in [7, 11) is 4.00. The minimum absolute atomic E-state index is 0.0628. The Hall–Kier alpha value is -2.63. The van der Waals surface area contributed by atoms with Gasteiger partial charge in [-0.05, 0) is 45.6 Å². The summed E-state index contributed by atoms with van der Waals surface area (Å²) in [6, 6.07) is 18.0. The summed E-state index contributed by atoms with van der Waals surface area (Å²) >= 11 is 6.50. The molecule has 1 aromatic heterocycles. The first-order valence-corrected chi connectivity index (χ1v) is 9.58. The monoisotopic (exact) mass is 396 g/mol. The van der Waals surface area contributed by atoms with E-state index in [1.807, 2.05) is 44.4 Å². The van der Waals surface area contributed by atoms with Crippen LogP contribution >= 0.6 is 11.6 Å². The van der Waals surface area contributed by atoms with Gasteiger partial charge in [0, 0.05) is 6.54 Å². The molecule has 0 bridgehead atoms. The standard InChI is InChI=1S/C22H25ClN4O/c1-15-10-12-17(13-11-15)19(26(3)4)14-24-22(28)20-16(2)25-27(21(20)23)18-8-6-5-7-9-18/h5-13,19H,14H2,1-4H3,(H,24,28). The molecule has 5 nitrogen and oxygen atoms in total. The Balaban J connectivity index is 1.79. The Labute approximate surface area is 170 Å². The molecule has 1 atom stereocenters. The van der Waals surface area contributed by atoms with Crippen molar-refractivity contribution in [1.29, 1.82) is 0 Å². The molecule has 3 rings (SSSR count). The van der Waals surface area contributed by atoms with E-state index in [0.717, 1.165) is 11.3 Å². The summed E-state index contributed by atoms with van der Waals surface area (Å²) < 4.78 is 1.59. The van der Waals surface area contributed by atoms with Crippen LogP contribution in [-0.4, -0.2) is 41.2 Å². The number of likely N-dealkylation sites (N-methyl/N-ethyl adjacent to an activating group) is 1. The molecule has 0 radical (unpaired) electrons. The third-order valence-electron chi connectivity index (χ3n) is 4.77. The Morgan fingerprint density at radius 2 is 1.75 bits per heavy atom. The largest absolute Gasteiger partial charge is 0.350 e. The van der Waals surface area contributed by atoms with Gasteiger partial charge in [0.2, 0.25) is 0 Å². The van der Waals surface area contributed by atoms with Crippen LogP contribution in [0.1, 0.15) is 33.2 Å². The molecule has 0 saturated carbocycles. The molecule has 146 valence electrons. The Kier molecular flexibility index (Phi) is 6.17. The van der Waals surface area contributed by atoms with Crippen LogP contribution in [0, 0.1) is 13.8 Å². The Morgan fingerprint density at radius 3 is 2.36 bits per heavy atom. The Bertz CT molecular complexity index is 949. The first-order valence-electron chi connectivity index (χ1n) is 9.20. The fraction of sp³-hybridized carbons (Fsp3) is 0.273. The third kappa shape index (κ3) is 4.26. The molecule has 0 saturated heterocycles. The molecule has 1 amide bonds. The van der Waals surface area contributed by atoms with Gasteiger partial charge in [-0.2, -0.15) is 5.10 Å². The maximum atomic E-state index is 12.9. The zero-order valence-corrected chi connectivity index (χ0v) is 17.4. The number of nitrogens with one attached hydrogen (secondary N) is 1. The van der Waals surface area contributed by atoms with Crippen LogP contribution in [0.15, 0.2) is 54.6 Å². The van der Waals surface area contributed by atoms with Crippen molar-refractivity contribution in [1.82, 2.24) is 20.0 Å². The van der Waals surface area contributed by atoms with Gasteiger partial charge in [-0.15, -0.1) is 0 Å². The number of halogens is 1. The second-order valence-electron chi connectivity index (χ2n) is 7.10. The van der Waals surface area contributed by atoms with Crippen molar-refractivity contribution in [3.8, 4) is 5.69 Å². The number of amides is 1. The molecular formula is C22H25ClN4O. The van der Waals surface area contributed by atoms with Crippen molar-refractivity contribution in [3.63, 3.8) is 0 Å². The predicted molar refractivity (Wildman–Crippen MR) is 113 cm³/mol. The van der Waals surface area contributed by atoms with Crippen LogP contribution in [0.3, 0.4) is 0 Å². The number of aromatic nitrogens is 2. The van der Waals surface area contributed by atoms with Gasteiger partial charge in [-0.25, -0.2) is 4.68 Å². The molecule has 0 spiro atoms. The fourth-order valence-corrected chi connectivity index (χ4v) is 3.52. The second-order valence-corrected chi connectivity index (χ2v) is 7.46. The van der Waals surface area contributed by atoms with Crippen LogP contribution in [0.25, 0.3) is 5.69 Å². The molecular weight excluding hydrogens is 372 g/mol. The van der Waals surface area contributed by atoms with Gasteiger partial charge >= 0.3 is 0 Å². The molecule has 28 heavy (non-hydrogen) atoms. The molecule has 6 heteroatoms. The van der Waals surface area contributed by atoms with Crippen LogP contribution in [0.2, 0.25) is 5.15 Å². The van der Waals surface area contributed by atoms with E-state index in [1.54, 1.807) is 11.6 Å². The van der Waals surface area contributed by atoms with Crippen molar-refractivity contribution in [2.75, 3.05) is 20.6 Å². The first-order chi connectivity index (χ1) is 13.4. The minimum Gasteiger partial charge on any atom is -0.350 e. The smallest absolute Gasteiger partial charge is 0.256 e. The van der Waals surface area contributed by atoms with Crippen molar-refractivity contribution < 1.29 is 4.79 Å². The average molecular weight is 397 g/mol. The van der Waals surface area contributed by atoms with Gasteiger partial charge in [0.1, 0.15) is 5.15 Å². The molecule has 2 aromatic carbocycles. The summed E-state index contributed by atoms with van der Waals surface area (Å²) in [4.78, 5) is 15.0. The van der Waals surface area contributed by atoms with Gasteiger partial charge in [-0.3, -0.25) is 4.79 Å². The SMILES string of the molecule is Cc1ccc(C(CNC(=O)c2c(C)nn(-c3ccccc3)c2Cl)N(C)C)cc1. The molecule has 0 aliphatic carbocycles. The molecule has 1 N–H and O–H groups in total. The molecule has 0 fully saturated rings. The average Bonchev–Trinajstić information content (AvgIpc) is 2.98. The summed E-state index contributed by atoms with van der Waals surface area (Å²) in [6.45, 7) is 4.33. The lowest BCUT2D eigenvalue weighted by Crippen LogP contribution is -2.34. The molecule has 3 aromatic rings. The summed E-state index contributed by atoms with van der Waals surface area (Å²) in [5.74, 6) is -0.219. The van der Waals surface area contributed by atoms with Crippen LogP contribution < -0.4 is 5.32 Å².